The van der Waals surface area contributed by atoms with Gasteiger partial charge in [0.15, 0.2) is 0 Å². The van der Waals surface area contributed by atoms with Crippen molar-refractivity contribution in [2.75, 3.05) is 19.7 Å². The molecule has 1 aliphatic rings. The molecule has 0 saturated carbocycles. The minimum atomic E-state index is 0.160. The maximum atomic E-state index is 12.2. The van der Waals surface area contributed by atoms with E-state index in [9.17, 15) is 4.79 Å². The molecule has 1 aliphatic heterocycles. The Bertz CT molecular complexity index is 568. The van der Waals surface area contributed by atoms with Crippen LogP contribution in [0, 0.1) is 0 Å². The van der Waals surface area contributed by atoms with Crippen LogP contribution < -0.4 is 4.74 Å². The van der Waals surface area contributed by atoms with E-state index in [1.807, 2.05) is 41.3 Å². The maximum absolute atomic E-state index is 12.2. The van der Waals surface area contributed by atoms with Gasteiger partial charge in [-0.15, -0.1) is 0 Å². The molecule has 5 heteroatoms. The molecule has 1 aromatic heterocycles. The largest absolute Gasteiger partial charge is 0.493 e. The van der Waals surface area contributed by atoms with Crippen LogP contribution in [-0.2, 0) is 4.79 Å². The van der Waals surface area contributed by atoms with Gasteiger partial charge in [-0.25, -0.2) is 0 Å². The number of benzene rings is 1. The molecule has 2 aromatic rings. The van der Waals surface area contributed by atoms with Crippen LogP contribution in [0.1, 0.15) is 24.5 Å². The summed E-state index contributed by atoms with van der Waals surface area (Å²) in [5.74, 6) is 1.35. The highest BCUT2D eigenvalue weighted by Gasteiger charge is 2.27. The van der Waals surface area contributed by atoms with Crippen molar-refractivity contribution >= 4 is 5.91 Å². The van der Waals surface area contributed by atoms with E-state index in [2.05, 4.69) is 10.2 Å². The summed E-state index contributed by atoms with van der Waals surface area (Å²) in [5.41, 5.74) is 1.12. The van der Waals surface area contributed by atoms with E-state index in [1.54, 1.807) is 6.20 Å². The first-order valence-corrected chi connectivity index (χ1v) is 7.28. The van der Waals surface area contributed by atoms with Gasteiger partial charge in [0.1, 0.15) is 5.75 Å². The zero-order chi connectivity index (χ0) is 14.5. The number of aromatic nitrogens is 2. The Morgan fingerprint density at radius 1 is 1.33 bits per heavy atom. The number of amides is 1. The first-order chi connectivity index (χ1) is 10.3. The molecular weight excluding hydrogens is 266 g/mol. The fourth-order valence-corrected chi connectivity index (χ4v) is 2.67. The van der Waals surface area contributed by atoms with Crippen molar-refractivity contribution in [3.05, 3.63) is 48.3 Å². The van der Waals surface area contributed by atoms with Crippen molar-refractivity contribution in [1.82, 2.24) is 15.1 Å². The van der Waals surface area contributed by atoms with E-state index in [4.69, 9.17) is 4.74 Å². The lowest BCUT2D eigenvalue weighted by Crippen LogP contribution is -2.29. The topological polar surface area (TPSA) is 58.2 Å². The molecule has 5 nitrogen and oxygen atoms in total. The standard InChI is InChI=1S/C16H19N3O2/c20-16(8-11-21-14-4-2-1-3-5-14)19-10-7-13(12-19)15-6-9-17-18-15/h1-6,9,13H,7-8,10-12H2,(H,17,18)/t13-/m0/s1. The summed E-state index contributed by atoms with van der Waals surface area (Å²) in [6.45, 7) is 2.01. The molecule has 1 saturated heterocycles. The van der Waals surface area contributed by atoms with Crippen LogP contribution in [0.4, 0.5) is 0 Å². The molecule has 1 fully saturated rings. The fraction of sp³-hybridized carbons (Fsp3) is 0.375. The average molecular weight is 285 g/mol. The number of aromatic amines is 1. The third kappa shape index (κ3) is 3.42. The molecule has 2 heterocycles. The normalized spacial score (nSPS) is 17.9. The molecule has 0 spiro atoms. The zero-order valence-corrected chi connectivity index (χ0v) is 11.9. The van der Waals surface area contributed by atoms with Gasteiger partial charge in [-0.1, -0.05) is 18.2 Å². The first-order valence-electron chi connectivity index (χ1n) is 7.28. The second kappa shape index (κ2) is 6.43. The molecule has 0 bridgehead atoms. The van der Waals surface area contributed by atoms with Gasteiger partial charge in [-0.3, -0.25) is 9.89 Å². The quantitative estimate of drug-likeness (QED) is 0.916. The van der Waals surface area contributed by atoms with Crippen molar-refractivity contribution in [2.24, 2.45) is 0 Å². The summed E-state index contributed by atoms with van der Waals surface area (Å²) in [4.78, 5) is 14.1. The number of H-pyrrole nitrogens is 1. The minimum Gasteiger partial charge on any atom is -0.493 e. The molecule has 1 N–H and O–H groups in total. The second-order valence-corrected chi connectivity index (χ2v) is 5.25. The number of likely N-dealkylation sites (tertiary alicyclic amines) is 1. The van der Waals surface area contributed by atoms with E-state index in [-0.39, 0.29) is 5.91 Å². The number of hydrogen-bond donors (Lipinski definition) is 1. The van der Waals surface area contributed by atoms with Crippen LogP contribution in [0.5, 0.6) is 5.75 Å². The highest BCUT2D eigenvalue weighted by molar-refractivity contribution is 5.76. The molecule has 1 amide bonds. The SMILES string of the molecule is O=C(CCOc1ccccc1)N1CC[C@H](c2ccn[nH]2)C1. The molecule has 1 atom stereocenters. The summed E-state index contributed by atoms with van der Waals surface area (Å²) in [7, 11) is 0. The number of nitrogens with zero attached hydrogens (tertiary/aromatic N) is 2. The summed E-state index contributed by atoms with van der Waals surface area (Å²) in [6.07, 6.45) is 3.17. The highest BCUT2D eigenvalue weighted by Crippen LogP contribution is 2.25. The summed E-state index contributed by atoms with van der Waals surface area (Å²) in [6, 6.07) is 11.6. The van der Waals surface area contributed by atoms with E-state index in [0.717, 1.165) is 31.0 Å². The number of ether oxygens (including phenoxy) is 1. The monoisotopic (exact) mass is 285 g/mol. The van der Waals surface area contributed by atoms with Crippen LogP contribution in [0.15, 0.2) is 42.6 Å². The average Bonchev–Trinajstić information content (AvgIpc) is 3.19. The van der Waals surface area contributed by atoms with Gasteiger partial charge in [0.05, 0.1) is 13.0 Å². The van der Waals surface area contributed by atoms with Crippen molar-refractivity contribution in [1.29, 1.82) is 0 Å². The van der Waals surface area contributed by atoms with Gasteiger partial charge in [-0.05, 0) is 24.6 Å². The van der Waals surface area contributed by atoms with Gasteiger partial charge >= 0.3 is 0 Å². The van der Waals surface area contributed by atoms with Crippen molar-refractivity contribution in [2.45, 2.75) is 18.8 Å². The summed E-state index contributed by atoms with van der Waals surface area (Å²) in [5, 5.41) is 6.96. The predicted molar refractivity (Wildman–Crippen MR) is 79.1 cm³/mol. The Labute approximate surface area is 123 Å². The summed E-state index contributed by atoms with van der Waals surface area (Å²) >= 11 is 0. The third-order valence-electron chi connectivity index (χ3n) is 3.83. The number of hydrogen-bond acceptors (Lipinski definition) is 3. The number of nitrogens with one attached hydrogen (secondary N) is 1. The number of carbonyl (C=O) groups is 1. The van der Waals surface area contributed by atoms with Crippen molar-refractivity contribution in [3.63, 3.8) is 0 Å². The molecule has 0 radical (unpaired) electrons. The molecule has 3 rings (SSSR count). The Balaban J connectivity index is 1.44. The van der Waals surface area contributed by atoms with E-state index in [0.29, 0.717) is 18.9 Å². The van der Waals surface area contributed by atoms with Crippen LogP contribution in [0.25, 0.3) is 0 Å². The summed E-state index contributed by atoms with van der Waals surface area (Å²) < 4.78 is 5.57. The van der Waals surface area contributed by atoms with Gasteiger partial charge < -0.3 is 9.64 Å². The first kappa shape index (κ1) is 13.7. The molecule has 110 valence electrons. The van der Waals surface area contributed by atoms with Crippen LogP contribution in [-0.4, -0.2) is 40.7 Å². The Hall–Kier alpha value is -2.30. The smallest absolute Gasteiger partial charge is 0.226 e. The predicted octanol–water partition coefficient (Wildman–Crippen LogP) is 2.19. The molecule has 0 aliphatic carbocycles. The number of carbonyl (C=O) groups excluding carboxylic acids is 1. The van der Waals surface area contributed by atoms with Crippen LogP contribution in [0.3, 0.4) is 0 Å². The highest BCUT2D eigenvalue weighted by atomic mass is 16.5. The van der Waals surface area contributed by atoms with Gasteiger partial charge in [0.25, 0.3) is 0 Å². The lowest BCUT2D eigenvalue weighted by atomic mass is 10.1. The molecule has 21 heavy (non-hydrogen) atoms. The van der Waals surface area contributed by atoms with Crippen LogP contribution >= 0.6 is 0 Å². The lowest BCUT2D eigenvalue weighted by Gasteiger charge is -2.16. The Kier molecular flexibility index (Phi) is 4.19. The van der Waals surface area contributed by atoms with Crippen molar-refractivity contribution in [3.8, 4) is 5.75 Å². The lowest BCUT2D eigenvalue weighted by molar-refractivity contribution is -0.130. The second-order valence-electron chi connectivity index (χ2n) is 5.25. The van der Waals surface area contributed by atoms with Crippen molar-refractivity contribution < 1.29 is 9.53 Å². The molecule has 1 aromatic carbocycles. The van der Waals surface area contributed by atoms with E-state index < -0.39 is 0 Å². The zero-order valence-electron chi connectivity index (χ0n) is 11.9. The number of rotatable bonds is 5. The fourth-order valence-electron chi connectivity index (χ4n) is 2.67. The van der Waals surface area contributed by atoms with Gasteiger partial charge in [0.2, 0.25) is 5.91 Å². The Morgan fingerprint density at radius 3 is 2.95 bits per heavy atom. The van der Waals surface area contributed by atoms with Crippen LogP contribution in [0.2, 0.25) is 0 Å². The maximum Gasteiger partial charge on any atom is 0.226 e. The van der Waals surface area contributed by atoms with Gasteiger partial charge in [-0.2, -0.15) is 5.10 Å². The van der Waals surface area contributed by atoms with E-state index >= 15 is 0 Å². The minimum absolute atomic E-state index is 0.160. The Morgan fingerprint density at radius 2 is 2.19 bits per heavy atom. The van der Waals surface area contributed by atoms with Gasteiger partial charge in [0, 0.05) is 30.9 Å². The molecular formula is C16H19N3O2. The van der Waals surface area contributed by atoms with E-state index in [1.165, 1.54) is 0 Å². The molecule has 0 unspecified atom stereocenters. The third-order valence-corrected chi connectivity index (χ3v) is 3.83. The number of para-hydroxylation sites is 1.